The molecule has 0 saturated carbocycles. The lowest BCUT2D eigenvalue weighted by atomic mass is 9.87. The largest absolute Gasteiger partial charge is 0.242 e. The maximum atomic E-state index is 5.15. The molecule has 0 aliphatic heterocycles. The topological polar surface area (TPSA) is 38.7 Å². The minimum absolute atomic E-state index is 0.729. The molecule has 3 nitrogen and oxygen atoms in total. The number of fused-ring (bicyclic) bond motifs is 5. The third-order valence-electron chi connectivity index (χ3n) is 5.48. The second kappa shape index (κ2) is 8.44. The van der Waals surface area contributed by atoms with E-state index < -0.39 is 0 Å². The lowest BCUT2D eigenvalue weighted by Crippen LogP contribution is -2.09. The third kappa shape index (κ3) is 3.86. The number of aromatic nitrogens is 3. The molecular weight excluding hydrogens is 370 g/mol. The fourth-order valence-corrected chi connectivity index (χ4v) is 6.46. The van der Waals surface area contributed by atoms with Crippen LogP contribution in [0.4, 0.5) is 0 Å². The molecule has 1 aliphatic rings. The summed E-state index contributed by atoms with van der Waals surface area (Å²) in [4.78, 5) is 15.7. The molecule has 0 aromatic carbocycles. The zero-order chi connectivity index (χ0) is 18.8. The lowest BCUT2D eigenvalue weighted by molar-refractivity contribution is 0.632. The molecule has 144 valence electrons. The molecule has 0 amide bonds. The van der Waals surface area contributed by atoms with Gasteiger partial charge >= 0.3 is 0 Å². The van der Waals surface area contributed by atoms with E-state index >= 15 is 0 Å². The first-order valence-corrected chi connectivity index (χ1v) is 12.2. The first-order valence-electron chi connectivity index (χ1n) is 10.4. The molecule has 3 heterocycles. The second-order valence-electron chi connectivity index (χ2n) is 8.00. The standard InChI is InChI=1S/C22H29N3S2/c1-4-5-10-17-15-8-6-7-9-16(15)18-19-20(27-21(18)25-17)22(24-13-23-19)26-12-11-14(2)3/h13-14H,4-12H2,1-3H3. The van der Waals surface area contributed by atoms with Crippen molar-refractivity contribution in [2.45, 2.75) is 77.2 Å². The maximum Gasteiger partial charge on any atom is 0.126 e. The number of nitrogens with zero attached hydrogens (tertiary/aromatic N) is 3. The molecule has 0 N–H and O–H groups in total. The Morgan fingerprint density at radius 3 is 2.74 bits per heavy atom. The van der Waals surface area contributed by atoms with Gasteiger partial charge in [0, 0.05) is 11.1 Å². The summed E-state index contributed by atoms with van der Waals surface area (Å²) < 4.78 is 1.24. The van der Waals surface area contributed by atoms with Crippen molar-refractivity contribution in [3.05, 3.63) is 23.1 Å². The Bertz CT molecular complexity index is 946. The molecule has 0 spiro atoms. The Kier molecular flexibility index (Phi) is 5.98. The highest BCUT2D eigenvalue weighted by atomic mass is 32.2. The smallest absolute Gasteiger partial charge is 0.126 e. The van der Waals surface area contributed by atoms with Crippen LogP contribution in [0.15, 0.2) is 11.4 Å². The van der Waals surface area contributed by atoms with Crippen molar-refractivity contribution < 1.29 is 0 Å². The number of thiophene rings is 1. The normalized spacial score (nSPS) is 14.4. The van der Waals surface area contributed by atoms with E-state index in [1.165, 1.54) is 71.1 Å². The fourth-order valence-electron chi connectivity index (χ4n) is 3.96. The van der Waals surface area contributed by atoms with Crippen molar-refractivity contribution in [2.75, 3.05) is 5.75 Å². The maximum absolute atomic E-state index is 5.15. The number of pyridine rings is 1. The van der Waals surface area contributed by atoms with Crippen molar-refractivity contribution in [1.82, 2.24) is 15.0 Å². The quantitative estimate of drug-likeness (QED) is 0.331. The van der Waals surface area contributed by atoms with Gasteiger partial charge in [0.1, 0.15) is 16.2 Å². The second-order valence-corrected chi connectivity index (χ2v) is 10.1. The highest BCUT2D eigenvalue weighted by Gasteiger charge is 2.23. The monoisotopic (exact) mass is 399 g/mol. The van der Waals surface area contributed by atoms with Crippen LogP contribution in [0.5, 0.6) is 0 Å². The van der Waals surface area contributed by atoms with E-state index in [9.17, 15) is 0 Å². The van der Waals surface area contributed by atoms with E-state index in [4.69, 9.17) is 9.97 Å². The summed E-state index contributed by atoms with van der Waals surface area (Å²) in [6, 6.07) is 0. The minimum Gasteiger partial charge on any atom is -0.242 e. The van der Waals surface area contributed by atoms with E-state index in [1.54, 1.807) is 11.9 Å². The van der Waals surface area contributed by atoms with Crippen LogP contribution in [0.1, 0.15) is 69.7 Å². The molecule has 0 saturated heterocycles. The van der Waals surface area contributed by atoms with Gasteiger partial charge in [0.25, 0.3) is 0 Å². The van der Waals surface area contributed by atoms with Crippen molar-refractivity contribution in [3.63, 3.8) is 0 Å². The van der Waals surface area contributed by atoms with Gasteiger partial charge in [0.15, 0.2) is 0 Å². The average Bonchev–Trinajstić information content (AvgIpc) is 3.05. The van der Waals surface area contributed by atoms with Crippen LogP contribution >= 0.6 is 23.1 Å². The summed E-state index contributed by atoms with van der Waals surface area (Å²) in [6.07, 6.45) is 11.5. The van der Waals surface area contributed by atoms with Crippen molar-refractivity contribution >= 4 is 43.5 Å². The van der Waals surface area contributed by atoms with Crippen LogP contribution in [0, 0.1) is 5.92 Å². The van der Waals surface area contributed by atoms with Gasteiger partial charge in [-0.3, -0.25) is 0 Å². The van der Waals surface area contributed by atoms with Crippen LogP contribution in [0.25, 0.3) is 20.4 Å². The fraction of sp³-hybridized carbons (Fsp3) is 0.591. The van der Waals surface area contributed by atoms with Crippen molar-refractivity contribution in [2.24, 2.45) is 5.92 Å². The highest BCUT2D eigenvalue weighted by molar-refractivity contribution is 7.99. The van der Waals surface area contributed by atoms with Gasteiger partial charge in [0.2, 0.25) is 0 Å². The SMILES string of the molecule is CCCCc1nc2sc3c(SCCC(C)C)ncnc3c2c2c1CCCC2. The first kappa shape index (κ1) is 19.1. The summed E-state index contributed by atoms with van der Waals surface area (Å²) in [5.41, 5.74) is 5.58. The van der Waals surface area contributed by atoms with Crippen LogP contribution in [-0.2, 0) is 19.3 Å². The Balaban J connectivity index is 1.83. The summed E-state index contributed by atoms with van der Waals surface area (Å²) in [6.45, 7) is 6.83. The van der Waals surface area contributed by atoms with E-state index in [2.05, 4.69) is 25.8 Å². The van der Waals surface area contributed by atoms with Crippen LogP contribution in [-0.4, -0.2) is 20.7 Å². The van der Waals surface area contributed by atoms with Crippen LogP contribution < -0.4 is 0 Å². The predicted octanol–water partition coefficient (Wildman–Crippen LogP) is 6.60. The van der Waals surface area contributed by atoms with Gasteiger partial charge in [0.05, 0.1) is 10.2 Å². The van der Waals surface area contributed by atoms with Gasteiger partial charge in [-0.25, -0.2) is 15.0 Å². The third-order valence-corrected chi connectivity index (χ3v) is 7.71. The van der Waals surface area contributed by atoms with Crippen molar-refractivity contribution in [1.29, 1.82) is 0 Å². The van der Waals surface area contributed by atoms with Crippen LogP contribution in [0.3, 0.4) is 0 Å². The molecule has 0 bridgehead atoms. The molecule has 0 radical (unpaired) electrons. The molecular formula is C22H29N3S2. The zero-order valence-electron chi connectivity index (χ0n) is 16.7. The number of hydrogen-bond donors (Lipinski definition) is 0. The average molecular weight is 400 g/mol. The molecule has 3 aromatic rings. The van der Waals surface area contributed by atoms with E-state index in [1.807, 2.05) is 23.1 Å². The predicted molar refractivity (Wildman–Crippen MR) is 118 cm³/mol. The Hall–Kier alpha value is -1.20. The van der Waals surface area contributed by atoms with E-state index in [0.29, 0.717) is 0 Å². The summed E-state index contributed by atoms with van der Waals surface area (Å²) in [7, 11) is 0. The zero-order valence-corrected chi connectivity index (χ0v) is 18.3. The number of thioether (sulfide) groups is 1. The van der Waals surface area contributed by atoms with Gasteiger partial charge in [-0.2, -0.15) is 0 Å². The van der Waals surface area contributed by atoms with Crippen LogP contribution in [0.2, 0.25) is 0 Å². The van der Waals surface area contributed by atoms with Gasteiger partial charge < -0.3 is 0 Å². The molecule has 3 aromatic heterocycles. The number of rotatable bonds is 7. The molecule has 27 heavy (non-hydrogen) atoms. The molecule has 0 atom stereocenters. The molecule has 0 unspecified atom stereocenters. The molecule has 5 heteroatoms. The number of aryl methyl sites for hydroxylation is 2. The molecule has 1 aliphatic carbocycles. The molecule has 4 rings (SSSR count). The summed E-state index contributed by atoms with van der Waals surface area (Å²) in [5.74, 6) is 1.85. The number of unbranched alkanes of at least 4 members (excludes halogenated alkanes) is 1. The van der Waals surface area contributed by atoms with Gasteiger partial charge in [-0.15, -0.1) is 23.1 Å². The first-order chi connectivity index (χ1) is 13.2. The van der Waals surface area contributed by atoms with E-state index in [0.717, 1.165) is 28.6 Å². The van der Waals surface area contributed by atoms with E-state index in [-0.39, 0.29) is 0 Å². The Morgan fingerprint density at radius 2 is 1.96 bits per heavy atom. The minimum atomic E-state index is 0.729. The van der Waals surface area contributed by atoms with Crippen molar-refractivity contribution in [3.8, 4) is 0 Å². The lowest BCUT2D eigenvalue weighted by Gasteiger charge is -2.20. The number of hydrogen-bond acceptors (Lipinski definition) is 5. The Labute approximate surface area is 170 Å². The molecule has 0 fully saturated rings. The highest BCUT2D eigenvalue weighted by Crippen LogP contribution is 2.41. The van der Waals surface area contributed by atoms with Gasteiger partial charge in [-0.05, 0) is 67.7 Å². The summed E-state index contributed by atoms with van der Waals surface area (Å²) in [5, 5.41) is 2.47. The van der Waals surface area contributed by atoms with Gasteiger partial charge in [-0.1, -0.05) is 27.2 Å². The summed E-state index contributed by atoms with van der Waals surface area (Å²) >= 11 is 3.69. The Morgan fingerprint density at radius 1 is 1.15 bits per heavy atom.